The molecule has 1 aliphatic heterocycles. The molecule has 29 heavy (non-hydrogen) atoms. The summed E-state index contributed by atoms with van der Waals surface area (Å²) in [5.74, 6) is -0.651. The van der Waals surface area contributed by atoms with Crippen LogP contribution >= 0.6 is 11.3 Å². The number of esters is 1. The molecule has 0 spiro atoms. The number of piperidine rings is 1. The fourth-order valence-corrected chi connectivity index (χ4v) is 3.93. The van der Waals surface area contributed by atoms with E-state index in [1.165, 1.54) is 17.4 Å². The van der Waals surface area contributed by atoms with E-state index in [2.05, 4.69) is 5.32 Å². The van der Waals surface area contributed by atoms with E-state index in [0.29, 0.717) is 30.1 Å². The van der Waals surface area contributed by atoms with Crippen molar-refractivity contribution >= 4 is 40.9 Å². The Hall–Kier alpha value is -2.93. The minimum atomic E-state index is -0.471. The lowest BCUT2D eigenvalue weighted by Crippen LogP contribution is -2.49. The molecule has 0 bridgehead atoms. The highest BCUT2D eigenvalue weighted by Crippen LogP contribution is 2.23. The summed E-state index contributed by atoms with van der Waals surface area (Å²) in [5.41, 5.74) is 1.47. The zero-order valence-electron chi connectivity index (χ0n) is 16.3. The third kappa shape index (κ3) is 5.54. The standard InChI is InChI=1S/C22H24N2O4S/c1-2-28-20(25)13-10-16-8-11-17(12-9-16)23-21(26)18-6-3-4-14-24(18)22(27)19-7-5-15-29-19/h5,7-13,15,18H,2-4,6,14H2,1H3,(H,23,26)/b13-10+. The van der Waals surface area contributed by atoms with Gasteiger partial charge in [0, 0.05) is 18.3 Å². The summed E-state index contributed by atoms with van der Waals surface area (Å²) in [6, 6.07) is 10.3. The van der Waals surface area contributed by atoms with Crippen molar-refractivity contribution in [3.8, 4) is 0 Å². The maximum atomic E-state index is 12.8. The molecular formula is C22H24N2O4S. The van der Waals surface area contributed by atoms with Gasteiger partial charge in [-0.2, -0.15) is 0 Å². The molecule has 0 aliphatic carbocycles. The molecule has 1 N–H and O–H groups in total. The normalized spacial score (nSPS) is 16.6. The number of likely N-dealkylation sites (tertiary alicyclic amines) is 1. The van der Waals surface area contributed by atoms with Crippen molar-refractivity contribution in [1.82, 2.24) is 4.90 Å². The quantitative estimate of drug-likeness (QED) is 0.576. The van der Waals surface area contributed by atoms with Crippen LogP contribution < -0.4 is 5.32 Å². The van der Waals surface area contributed by atoms with Gasteiger partial charge < -0.3 is 15.0 Å². The number of amides is 2. The molecule has 1 saturated heterocycles. The second-order valence-corrected chi connectivity index (χ2v) is 7.63. The lowest BCUT2D eigenvalue weighted by molar-refractivity contribution is -0.137. The number of carbonyl (C=O) groups is 3. The van der Waals surface area contributed by atoms with Crippen LogP contribution in [0.1, 0.15) is 41.4 Å². The van der Waals surface area contributed by atoms with Crippen LogP contribution in [0.2, 0.25) is 0 Å². The molecule has 1 aromatic carbocycles. The highest BCUT2D eigenvalue weighted by Gasteiger charge is 2.33. The molecule has 3 rings (SSSR count). The number of benzene rings is 1. The van der Waals surface area contributed by atoms with Crippen LogP contribution in [-0.2, 0) is 14.3 Å². The van der Waals surface area contributed by atoms with Gasteiger partial charge in [0.2, 0.25) is 5.91 Å². The van der Waals surface area contributed by atoms with E-state index in [1.54, 1.807) is 48.2 Å². The molecule has 2 amide bonds. The Kier molecular flexibility index (Phi) is 7.19. The van der Waals surface area contributed by atoms with Gasteiger partial charge in [0.05, 0.1) is 11.5 Å². The van der Waals surface area contributed by atoms with Gasteiger partial charge >= 0.3 is 5.97 Å². The van der Waals surface area contributed by atoms with E-state index in [4.69, 9.17) is 4.74 Å². The van der Waals surface area contributed by atoms with E-state index >= 15 is 0 Å². The number of thiophene rings is 1. The lowest BCUT2D eigenvalue weighted by Gasteiger charge is -2.34. The summed E-state index contributed by atoms with van der Waals surface area (Å²) in [4.78, 5) is 39.3. The Morgan fingerprint density at radius 2 is 2.00 bits per heavy atom. The number of rotatable bonds is 6. The zero-order chi connectivity index (χ0) is 20.6. The SMILES string of the molecule is CCOC(=O)/C=C/c1ccc(NC(=O)C2CCCCN2C(=O)c2cccs2)cc1. The molecule has 1 aromatic heterocycles. The zero-order valence-corrected chi connectivity index (χ0v) is 17.1. The predicted octanol–water partition coefficient (Wildman–Crippen LogP) is 3.96. The number of nitrogens with zero attached hydrogens (tertiary/aromatic N) is 1. The highest BCUT2D eigenvalue weighted by atomic mass is 32.1. The van der Waals surface area contributed by atoms with Crippen LogP contribution in [0.15, 0.2) is 47.9 Å². The van der Waals surface area contributed by atoms with Gasteiger partial charge in [0.25, 0.3) is 5.91 Å². The third-order valence-corrected chi connectivity index (χ3v) is 5.53. The number of hydrogen-bond acceptors (Lipinski definition) is 5. The molecule has 1 aliphatic rings. The molecular weight excluding hydrogens is 388 g/mol. The topological polar surface area (TPSA) is 75.7 Å². The van der Waals surface area contributed by atoms with E-state index in [9.17, 15) is 14.4 Å². The first-order chi connectivity index (χ1) is 14.1. The number of carbonyl (C=O) groups excluding carboxylic acids is 3. The first-order valence-electron chi connectivity index (χ1n) is 9.68. The summed E-state index contributed by atoms with van der Waals surface area (Å²) in [5, 5.41) is 4.77. The van der Waals surface area contributed by atoms with E-state index in [1.807, 2.05) is 11.4 Å². The molecule has 1 fully saturated rings. The summed E-state index contributed by atoms with van der Waals surface area (Å²) in [6.45, 7) is 2.68. The van der Waals surface area contributed by atoms with Crippen LogP contribution in [0, 0.1) is 0 Å². The molecule has 2 aromatic rings. The molecule has 0 saturated carbocycles. The van der Waals surface area contributed by atoms with Gasteiger partial charge in [-0.1, -0.05) is 18.2 Å². The van der Waals surface area contributed by atoms with E-state index in [0.717, 1.165) is 18.4 Å². The van der Waals surface area contributed by atoms with Crippen molar-refractivity contribution < 1.29 is 19.1 Å². The molecule has 6 nitrogen and oxygen atoms in total. The van der Waals surface area contributed by atoms with Crippen molar-refractivity contribution in [1.29, 1.82) is 0 Å². The van der Waals surface area contributed by atoms with Gasteiger partial charge in [-0.15, -0.1) is 11.3 Å². The van der Waals surface area contributed by atoms with Crippen LogP contribution in [0.4, 0.5) is 5.69 Å². The minimum absolute atomic E-state index is 0.0840. The van der Waals surface area contributed by atoms with Crippen LogP contribution in [0.25, 0.3) is 6.08 Å². The van der Waals surface area contributed by atoms with Gasteiger partial charge in [-0.05, 0) is 61.4 Å². The average molecular weight is 413 g/mol. The Morgan fingerprint density at radius 3 is 2.69 bits per heavy atom. The Bertz CT molecular complexity index is 875. The summed E-state index contributed by atoms with van der Waals surface area (Å²) < 4.78 is 4.85. The molecule has 2 heterocycles. The molecule has 1 atom stereocenters. The largest absolute Gasteiger partial charge is 0.463 e. The maximum Gasteiger partial charge on any atom is 0.330 e. The molecule has 152 valence electrons. The number of nitrogens with one attached hydrogen (secondary N) is 1. The van der Waals surface area contributed by atoms with Crippen molar-refractivity contribution in [3.05, 3.63) is 58.3 Å². The Morgan fingerprint density at radius 1 is 1.21 bits per heavy atom. The third-order valence-electron chi connectivity index (χ3n) is 4.67. The maximum absolute atomic E-state index is 12.8. The number of ether oxygens (including phenoxy) is 1. The van der Waals surface area contributed by atoms with Crippen molar-refractivity contribution in [2.24, 2.45) is 0 Å². The number of anilines is 1. The van der Waals surface area contributed by atoms with Gasteiger partial charge in [0.15, 0.2) is 0 Å². The fourth-order valence-electron chi connectivity index (χ4n) is 3.25. The molecule has 0 radical (unpaired) electrons. The summed E-state index contributed by atoms with van der Waals surface area (Å²) in [7, 11) is 0. The lowest BCUT2D eigenvalue weighted by atomic mass is 10.0. The summed E-state index contributed by atoms with van der Waals surface area (Å²) >= 11 is 1.39. The Labute approximate surface area is 174 Å². The highest BCUT2D eigenvalue weighted by molar-refractivity contribution is 7.12. The smallest absolute Gasteiger partial charge is 0.330 e. The summed E-state index contributed by atoms with van der Waals surface area (Å²) in [6.07, 6.45) is 5.51. The van der Waals surface area contributed by atoms with Crippen molar-refractivity contribution in [2.45, 2.75) is 32.2 Å². The molecule has 1 unspecified atom stereocenters. The predicted molar refractivity (Wildman–Crippen MR) is 114 cm³/mol. The van der Waals surface area contributed by atoms with Gasteiger partial charge in [-0.25, -0.2) is 4.79 Å². The average Bonchev–Trinajstić information content (AvgIpc) is 3.28. The van der Waals surface area contributed by atoms with E-state index < -0.39 is 12.0 Å². The number of hydrogen-bond donors (Lipinski definition) is 1. The second-order valence-electron chi connectivity index (χ2n) is 6.68. The Balaban J connectivity index is 1.63. The van der Waals surface area contributed by atoms with Crippen LogP contribution in [0.3, 0.4) is 0 Å². The van der Waals surface area contributed by atoms with Crippen molar-refractivity contribution in [2.75, 3.05) is 18.5 Å². The van der Waals surface area contributed by atoms with Gasteiger partial charge in [0.1, 0.15) is 6.04 Å². The van der Waals surface area contributed by atoms with Crippen LogP contribution in [0.5, 0.6) is 0 Å². The van der Waals surface area contributed by atoms with Crippen LogP contribution in [-0.4, -0.2) is 41.9 Å². The minimum Gasteiger partial charge on any atom is -0.463 e. The fraction of sp³-hybridized carbons (Fsp3) is 0.318. The second kappa shape index (κ2) is 10.0. The first-order valence-corrected chi connectivity index (χ1v) is 10.6. The van der Waals surface area contributed by atoms with Gasteiger partial charge in [-0.3, -0.25) is 9.59 Å². The monoisotopic (exact) mass is 412 g/mol. The first kappa shape index (κ1) is 20.8. The van der Waals surface area contributed by atoms with E-state index in [-0.39, 0.29) is 11.8 Å². The molecule has 7 heteroatoms. The van der Waals surface area contributed by atoms with Crippen molar-refractivity contribution in [3.63, 3.8) is 0 Å².